The number of hydrogen-bond donors (Lipinski definition) is 1. The maximum absolute atomic E-state index is 14.4. The number of carboxylic acid groups (broad SMARTS) is 1. The quantitative estimate of drug-likeness (QED) is 0.659. The molecule has 1 heterocycles. The molecule has 0 aromatic heterocycles. The number of piperazine rings is 1. The summed E-state index contributed by atoms with van der Waals surface area (Å²) >= 11 is 0. The predicted octanol–water partition coefficient (Wildman–Crippen LogP) is 4.38. The van der Waals surface area contributed by atoms with Crippen molar-refractivity contribution in [3.05, 3.63) is 83.4 Å². The van der Waals surface area contributed by atoms with E-state index in [2.05, 4.69) is 4.90 Å². The zero-order chi connectivity index (χ0) is 22.8. The predicted molar refractivity (Wildman–Crippen MR) is 118 cm³/mol. The van der Waals surface area contributed by atoms with E-state index in [1.54, 1.807) is 41.3 Å². The van der Waals surface area contributed by atoms with Gasteiger partial charge in [-0.1, -0.05) is 30.3 Å². The van der Waals surface area contributed by atoms with Crippen LogP contribution in [0.5, 0.6) is 0 Å². The second kappa shape index (κ2) is 8.88. The maximum atomic E-state index is 14.4. The zero-order valence-corrected chi connectivity index (χ0v) is 17.5. The van der Waals surface area contributed by atoms with Gasteiger partial charge in [0.1, 0.15) is 11.6 Å². The lowest BCUT2D eigenvalue weighted by atomic mass is 9.91. The van der Waals surface area contributed by atoms with Crippen molar-refractivity contribution in [2.75, 3.05) is 33.2 Å². The van der Waals surface area contributed by atoms with Gasteiger partial charge in [0.15, 0.2) is 0 Å². The largest absolute Gasteiger partial charge is 0.478 e. The van der Waals surface area contributed by atoms with Crippen LogP contribution in [0.4, 0.5) is 8.78 Å². The van der Waals surface area contributed by atoms with E-state index in [0.29, 0.717) is 29.8 Å². The Morgan fingerprint density at radius 1 is 0.812 bits per heavy atom. The standard InChI is InChI=1S/C25H22F2N2O3/c1-28-10-12-29(13-11-28)24(30)22-14-16(18-9-7-17(26)15-23(18)27)6-8-20(22)19-4-2-3-5-21(19)25(31)32/h2-9,14-15H,10-13H2,1H3,(H,31,32). The second-order valence-electron chi connectivity index (χ2n) is 7.83. The van der Waals surface area contributed by atoms with Crippen LogP contribution in [0.3, 0.4) is 0 Å². The summed E-state index contributed by atoms with van der Waals surface area (Å²) in [6.07, 6.45) is 0. The minimum Gasteiger partial charge on any atom is -0.478 e. The van der Waals surface area contributed by atoms with Crippen LogP contribution in [0.25, 0.3) is 22.3 Å². The fraction of sp³-hybridized carbons (Fsp3) is 0.200. The molecule has 3 aromatic rings. The van der Waals surface area contributed by atoms with Crippen LogP contribution in [-0.2, 0) is 0 Å². The highest BCUT2D eigenvalue weighted by Crippen LogP contribution is 2.33. The first kappa shape index (κ1) is 21.6. The number of carbonyl (C=O) groups is 2. The van der Waals surface area contributed by atoms with E-state index in [-0.39, 0.29) is 22.6 Å². The third-order valence-electron chi connectivity index (χ3n) is 5.73. The van der Waals surface area contributed by atoms with Crippen molar-refractivity contribution in [2.45, 2.75) is 0 Å². The minimum atomic E-state index is -1.10. The molecule has 7 heteroatoms. The molecule has 5 nitrogen and oxygen atoms in total. The smallest absolute Gasteiger partial charge is 0.336 e. The average molecular weight is 436 g/mol. The van der Waals surface area contributed by atoms with E-state index in [4.69, 9.17) is 0 Å². The molecule has 1 aliphatic rings. The number of halogens is 2. The molecule has 0 saturated carbocycles. The first-order chi connectivity index (χ1) is 15.3. The molecule has 1 aliphatic heterocycles. The summed E-state index contributed by atoms with van der Waals surface area (Å²) in [6.45, 7) is 2.51. The molecule has 32 heavy (non-hydrogen) atoms. The monoisotopic (exact) mass is 436 g/mol. The zero-order valence-electron chi connectivity index (χ0n) is 17.5. The average Bonchev–Trinajstić information content (AvgIpc) is 2.79. The van der Waals surface area contributed by atoms with Crippen LogP contribution in [0.2, 0.25) is 0 Å². The maximum Gasteiger partial charge on any atom is 0.336 e. The van der Waals surface area contributed by atoms with Crippen molar-refractivity contribution in [1.29, 1.82) is 0 Å². The third kappa shape index (κ3) is 4.24. The molecule has 164 valence electrons. The number of hydrogen-bond acceptors (Lipinski definition) is 3. The molecule has 3 aromatic carbocycles. The Labute approximate surface area is 184 Å². The lowest BCUT2D eigenvalue weighted by molar-refractivity contribution is 0.0661. The van der Waals surface area contributed by atoms with E-state index >= 15 is 0 Å². The topological polar surface area (TPSA) is 60.9 Å². The number of amides is 1. The molecule has 1 fully saturated rings. The van der Waals surface area contributed by atoms with Gasteiger partial charge in [-0.05, 0) is 48.0 Å². The number of rotatable bonds is 4. The van der Waals surface area contributed by atoms with Crippen LogP contribution in [0, 0.1) is 11.6 Å². The number of likely N-dealkylation sites (N-methyl/N-ethyl adjacent to an activating group) is 1. The number of carboxylic acids is 1. The summed E-state index contributed by atoms with van der Waals surface area (Å²) < 4.78 is 27.8. The normalized spacial score (nSPS) is 14.4. The lowest BCUT2D eigenvalue weighted by Crippen LogP contribution is -2.47. The van der Waals surface area contributed by atoms with Crippen molar-refractivity contribution in [1.82, 2.24) is 9.80 Å². The van der Waals surface area contributed by atoms with Crippen molar-refractivity contribution < 1.29 is 23.5 Å². The Hall–Kier alpha value is -3.58. The molecule has 1 saturated heterocycles. The Morgan fingerprint density at radius 2 is 1.47 bits per heavy atom. The Bertz CT molecular complexity index is 1190. The summed E-state index contributed by atoms with van der Waals surface area (Å²) in [5.74, 6) is -2.78. The van der Waals surface area contributed by atoms with E-state index < -0.39 is 17.6 Å². The van der Waals surface area contributed by atoms with Crippen molar-refractivity contribution >= 4 is 11.9 Å². The third-order valence-corrected chi connectivity index (χ3v) is 5.73. The Kier molecular flexibility index (Phi) is 6.01. The first-order valence-corrected chi connectivity index (χ1v) is 10.2. The fourth-order valence-corrected chi connectivity index (χ4v) is 3.93. The summed E-state index contributed by atoms with van der Waals surface area (Å²) in [4.78, 5) is 29.1. The molecule has 1 N–H and O–H groups in total. The molecule has 1 amide bonds. The van der Waals surface area contributed by atoms with Gasteiger partial charge in [0.25, 0.3) is 5.91 Å². The highest BCUT2D eigenvalue weighted by molar-refractivity contribution is 6.05. The summed E-state index contributed by atoms with van der Waals surface area (Å²) in [5.41, 5.74) is 1.79. The van der Waals surface area contributed by atoms with Gasteiger partial charge in [0.05, 0.1) is 5.56 Å². The lowest BCUT2D eigenvalue weighted by Gasteiger charge is -2.33. The molecule has 0 aliphatic carbocycles. The van der Waals surface area contributed by atoms with Crippen LogP contribution in [0.1, 0.15) is 20.7 Å². The molecule has 0 radical (unpaired) electrons. The van der Waals surface area contributed by atoms with Gasteiger partial charge in [0.2, 0.25) is 0 Å². The van der Waals surface area contributed by atoms with Crippen LogP contribution >= 0.6 is 0 Å². The van der Waals surface area contributed by atoms with Gasteiger partial charge in [0, 0.05) is 43.4 Å². The van der Waals surface area contributed by atoms with Crippen LogP contribution in [0.15, 0.2) is 60.7 Å². The summed E-state index contributed by atoms with van der Waals surface area (Å²) in [5, 5.41) is 9.64. The molecule has 4 rings (SSSR count). The van der Waals surface area contributed by atoms with E-state index in [0.717, 1.165) is 25.2 Å². The Balaban J connectivity index is 1.86. The van der Waals surface area contributed by atoms with Crippen molar-refractivity contribution in [2.24, 2.45) is 0 Å². The number of benzene rings is 3. The van der Waals surface area contributed by atoms with Gasteiger partial charge >= 0.3 is 5.97 Å². The minimum absolute atomic E-state index is 0.0700. The van der Waals surface area contributed by atoms with Crippen molar-refractivity contribution in [3.63, 3.8) is 0 Å². The highest BCUT2D eigenvalue weighted by Gasteiger charge is 2.25. The number of aromatic carboxylic acids is 1. The van der Waals surface area contributed by atoms with E-state index in [1.165, 1.54) is 12.1 Å². The SMILES string of the molecule is CN1CCN(C(=O)c2cc(-c3ccc(F)cc3F)ccc2-c2ccccc2C(=O)O)CC1. The van der Waals surface area contributed by atoms with E-state index in [9.17, 15) is 23.5 Å². The summed E-state index contributed by atoms with van der Waals surface area (Å²) in [7, 11) is 1.98. The molecular weight excluding hydrogens is 414 g/mol. The second-order valence-corrected chi connectivity index (χ2v) is 7.83. The molecule has 0 atom stereocenters. The van der Waals surface area contributed by atoms with Crippen molar-refractivity contribution in [3.8, 4) is 22.3 Å². The summed E-state index contributed by atoms with van der Waals surface area (Å²) in [6, 6.07) is 14.6. The van der Waals surface area contributed by atoms with Gasteiger partial charge in [-0.25, -0.2) is 13.6 Å². The number of nitrogens with zero attached hydrogens (tertiary/aromatic N) is 2. The molecular formula is C25H22F2N2O3. The highest BCUT2D eigenvalue weighted by atomic mass is 19.1. The van der Waals surface area contributed by atoms with Crippen LogP contribution in [-0.4, -0.2) is 60.0 Å². The van der Waals surface area contributed by atoms with Gasteiger partial charge in [-0.3, -0.25) is 4.79 Å². The fourth-order valence-electron chi connectivity index (χ4n) is 3.93. The van der Waals surface area contributed by atoms with Crippen LogP contribution < -0.4 is 0 Å². The first-order valence-electron chi connectivity index (χ1n) is 10.2. The Morgan fingerprint density at radius 3 is 2.16 bits per heavy atom. The molecule has 0 unspecified atom stereocenters. The van der Waals surface area contributed by atoms with Gasteiger partial charge in [-0.2, -0.15) is 0 Å². The number of carbonyl (C=O) groups excluding carboxylic acids is 1. The van der Waals surface area contributed by atoms with E-state index in [1.807, 2.05) is 7.05 Å². The van der Waals surface area contributed by atoms with Gasteiger partial charge < -0.3 is 14.9 Å². The van der Waals surface area contributed by atoms with Gasteiger partial charge in [-0.15, -0.1) is 0 Å². The molecule has 0 bridgehead atoms. The molecule has 0 spiro atoms.